The average Bonchev–Trinajstić information content (AvgIpc) is 2.92. The quantitative estimate of drug-likeness (QED) is 0.221. The third kappa shape index (κ3) is 4.25. The van der Waals surface area contributed by atoms with E-state index in [4.69, 9.17) is 15.2 Å². The second-order valence-electron chi connectivity index (χ2n) is 10.6. The van der Waals surface area contributed by atoms with E-state index in [1.807, 2.05) is 0 Å². The Hall–Kier alpha value is -4.88. The van der Waals surface area contributed by atoms with Crippen LogP contribution in [0.2, 0.25) is 0 Å². The SMILES string of the molecule is COc1ccc(OC(=O)Nc2ccc(O)c3c2CC2CC4C(N(C)C)C(=O)C(C(N)=O)=C(O)C4(O)C(=O)C2=C3O)cc1. The van der Waals surface area contributed by atoms with E-state index < -0.39 is 69.9 Å². The Balaban J connectivity index is 1.56. The molecule has 220 valence electrons. The summed E-state index contributed by atoms with van der Waals surface area (Å²) in [6.45, 7) is 0. The van der Waals surface area contributed by atoms with Crippen LogP contribution in [0.3, 0.4) is 0 Å². The van der Waals surface area contributed by atoms with Crippen LogP contribution in [0.25, 0.3) is 5.76 Å². The number of phenolic OH excluding ortho intramolecular Hbond substituents is 1. The van der Waals surface area contributed by atoms with E-state index in [0.717, 1.165) is 0 Å². The zero-order valence-electron chi connectivity index (χ0n) is 22.9. The molecule has 2 aromatic rings. The molecule has 7 N–H and O–H groups in total. The molecule has 3 aliphatic rings. The number of anilines is 1. The number of Topliss-reactive ketones (excluding diaryl/α,β-unsaturated/α-hetero) is 2. The van der Waals surface area contributed by atoms with Crippen LogP contribution in [-0.2, 0) is 20.8 Å². The summed E-state index contributed by atoms with van der Waals surface area (Å²) in [4.78, 5) is 53.3. The fourth-order valence-corrected chi connectivity index (χ4v) is 6.25. The van der Waals surface area contributed by atoms with Crippen molar-refractivity contribution in [2.24, 2.45) is 17.6 Å². The van der Waals surface area contributed by atoms with Gasteiger partial charge in [-0.25, -0.2) is 4.79 Å². The van der Waals surface area contributed by atoms with Gasteiger partial charge in [-0.05, 0) is 74.8 Å². The van der Waals surface area contributed by atoms with E-state index in [1.54, 1.807) is 12.1 Å². The number of aliphatic hydroxyl groups excluding tert-OH is 2. The lowest BCUT2D eigenvalue weighted by Gasteiger charge is -2.50. The molecular formula is C29H29N3O10. The smallest absolute Gasteiger partial charge is 0.417 e. The number of aliphatic hydroxyl groups is 3. The molecule has 4 unspecified atom stereocenters. The topological polar surface area (TPSA) is 209 Å². The molecule has 0 bridgehead atoms. The van der Waals surface area contributed by atoms with Crippen LogP contribution >= 0.6 is 0 Å². The lowest BCUT2D eigenvalue weighted by molar-refractivity contribution is -0.153. The molecule has 0 aliphatic heterocycles. The first-order chi connectivity index (χ1) is 19.8. The van der Waals surface area contributed by atoms with Gasteiger partial charge in [-0.3, -0.25) is 24.6 Å². The number of amides is 2. The first-order valence-corrected chi connectivity index (χ1v) is 12.9. The summed E-state index contributed by atoms with van der Waals surface area (Å²) < 4.78 is 10.4. The number of fused-ring (bicyclic) bond motifs is 3. The van der Waals surface area contributed by atoms with Crippen molar-refractivity contribution < 1.29 is 49.1 Å². The van der Waals surface area contributed by atoms with E-state index in [-0.39, 0.29) is 41.0 Å². The summed E-state index contributed by atoms with van der Waals surface area (Å²) in [5.41, 5.74) is 1.72. The third-order valence-electron chi connectivity index (χ3n) is 8.11. The summed E-state index contributed by atoms with van der Waals surface area (Å²) in [7, 11) is 4.53. The van der Waals surface area contributed by atoms with Crippen LogP contribution < -0.4 is 20.5 Å². The Labute approximate surface area is 239 Å². The number of benzene rings is 2. The minimum atomic E-state index is -2.74. The van der Waals surface area contributed by atoms with E-state index in [0.29, 0.717) is 5.75 Å². The number of ketones is 2. The Kier molecular flexibility index (Phi) is 6.95. The normalized spacial score (nSPS) is 25.0. The van der Waals surface area contributed by atoms with Gasteiger partial charge in [0, 0.05) is 17.2 Å². The van der Waals surface area contributed by atoms with Crippen LogP contribution in [0.1, 0.15) is 17.5 Å². The second kappa shape index (κ2) is 10.2. The van der Waals surface area contributed by atoms with Crippen LogP contribution in [0, 0.1) is 11.8 Å². The van der Waals surface area contributed by atoms with Crippen molar-refractivity contribution in [1.29, 1.82) is 0 Å². The predicted molar refractivity (Wildman–Crippen MR) is 147 cm³/mol. The molecule has 4 atom stereocenters. The second-order valence-corrected chi connectivity index (χ2v) is 10.6. The summed E-state index contributed by atoms with van der Waals surface area (Å²) in [5.74, 6) is -6.76. The van der Waals surface area contributed by atoms with Gasteiger partial charge in [0.05, 0.1) is 18.7 Å². The number of rotatable bonds is 5. The first-order valence-electron chi connectivity index (χ1n) is 12.9. The van der Waals surface area contributed by atoms with Gasteiger partial charge < -0.3 is 35.6 Å². The molecular weight excluding hydrogens is 550 g/mol. The molecule has 0 radical (unpaired) electrons. The number of nitrogens with one attached hydrogen (secondary N) is 1. The molecule has 0 saturated heterocycles. The van der Waals surface area contributed by atoms with E-state index in [9.17, 15) is 39.6 Å². The molecule has 3 aliphatic carbocycles. The van der Waals surface area contributed by atoms with E-state index >= 15 is 0 Å². The molecule has 2 aromatic carbocycles. The maximum Gasteiger partial charge on any atom is 0.417 e. The lowest BCUT2D eigenvalue weighted by atomic mass is 9.57. The first kappa shape index (κ1) is 28.6. The number of carbonyl (C=O) groups is 4. The fraction of sp³-hybridized carbons (Fsp3) is 0.310. The number of likely N-dealkylation sites (N-methyl/N-ethyl adjacent to an activating group) is 1. The number of carbonyl (C=O) groups excluding carboxylic acids is 4. The predicted octanol–water partition coefficient (Wildman–Crippen LogP) is 1.58. The van der Waals surface area contributed by atoms with Crippen molar-refractivity contribution in [2.45, 2.75) is 24.5 Å². The minimum absolute atomic E-state index is 0.00108. The average molecular weight is 580 g/mol. The monoisotopic (exact) mass is 579 g/mol. The van der Waals surface area contributed by atoms with Gasteiger partial charge in [-0.1, -0.05) is 0 Å². The number of primary amides is 1. The Morgan fingerprint density at radius 2 is 1.69 bits per heavy atom. The Morgan fingerprint density at radius 1 is 1.05 bits per heavy atom. The van der Waals surface area contributed by atoms with Crippen molar-refractivity contribution in [3.05, 3.63) is 64.4 Å². The molecule has 1 fully saturated rings. The van der Waals surface area contributed by atoms with E-state index in [1.165, 1.54) is 50.4 Å². The minimum Gasteiger partial charge on any atom is -0.508 e. The number of phenols is 1. The van der Waals surface area contributed by atoms with Gasteiger partial charge in [0.2, 0.25) is 5.78 Å². The summed E-state index contributed by atoms with van der Waals surface area (Å²) >= 11 is 0. The maximum atomic E-state index is 13.9. The number of hydrogen-bond acceptors (Lipinski definition) is 11. The van der Waals surface area contributed by atoms with Crippen molar-refractivity contribution in [3.63, 3.8) is 0 Å². The summed E-state index contributed by atoms with van der Waals surface area (Å²) in [6.07, 6.45) is -0.950. The molecule has 0 heterocycles. The molecule has 0 spiro atoms. The number of hydrogen-bond donors (Lipinski definition) is 6. The van der Waals surface area contributed by atoms with Crippen LogP contribution in [0.15, 0.2) is 53.3 Å². The van der Waals surface area contributed by atoms with Gasteiger partial charge in [-0.15, -0.1) is 0 Å². The summed E-state index contributed by atoms with van der Waals surface area (Å²) in [5, 5.41) is 47.1. The number of aromatic hydroxyl groups is 1. The molecule has 13 heteroatoms. The zero-order chi connectivity index (χ0) is 30.7. The molecule has 2 amide bonds. The highest BCUT2D eigenvalue weighted by Gasteiger charge is 2.64. The summed E-state index contributed by atoms with van der Waals surface area (Å²) in [6, 6.07) is 7.67. The van der Waals surface area contributed by atoms with Crippen LogP contribution in [-0.4, -0.2) is 81.7 Å². The molecule has 5 rings (SSSR count). The number of nitrogens with zero attached hydrogens (tertiary/aromatic N) is 1. The Morgan fingerprint density at radius 3 is 2.29 bits per heavy atom. The molecule has 13 nitrogen and oxygen atoms in total. The van der Waals surface area contributed by atoms with E-state index in [2.05, 4.69) is 5.32 Å². The highest BCUT2D eigenvalue weighted by Crippen LogP contribution is 2.53. The van der Waals surface area contributed by atoms with Crippen LogP contribution in [0.4, 0.5) is 10.5 Å². The highest BCUT2D eigenvalue weighted by molar-refractivity contribution is 6.24. The Bertz CT molecular complexity index is 1590. The number of nitrogens with two attached hydrogens (primary N) is 1. The van der Waals surface area contributed by atoms with Gasteiger partial charge in [0.15, 0.2) is 11.4 Å². The zero-order valence-corrected chi connectivity index (χ0v) is 22.9. The van der Waals surface area contributed by atoms with Crippen molar-refractivity contribution >= 4 is 35.0 Å². The van der Waals surface area contributed by atoms with Crippen molar-refractivity contribution in [3.8, 4) is 17.2 Å². The molecule has 0 aromatic heterocycles. The molecule has 42 heavy (non-hydrogen) atoms. The fourth-order valence-electron chi connectivity index (χ4n) is 6.25. The highest BCUT2D eigenvalue weighted by atomic mass is 16.6. The maximum absolute atomic E-state index is 13.9. The van der Waals surface area contributed by atoms with Gasteiger partial charge in [0.1, 0.15) is 34.3 Å². The van der Waals surface area contributed by atoms with Crippen molar-refractivity contribution in [1.82, 2.24) is 4.90 Å². The molecule has 1 saturated carbocycles. The lowest BCUT2D eigenvalue weighted by Crippen LogP contribution is -2.65. The van der Waals surface area contributed by atoms with Crippen molar-refractivity contribution in [2.75, 3.05) is 26.5 Å². The van der Waals surface area contributed by atoms with Crippen LogP contribution in [0.5, 0.6) is 17.2 Å². The third-order valence-corrected chi connectivity index (χ3v) is 8.11. The number of ether oxygens (including phenoxy) is 2. The van der Waals surface area contributed by atoms with Gasteiger partial charge >= 0.3 is 6.09 Å². The van der Waals surface area contributed by atoms with Gasteiger partial charge in [-0.2, -0.15) is 0 Å². The van der Waals surface area contributed by atoms with Gasteiger partial charge in [0.25, 0.3) is 5.91 Å². The largest absolute Gasteiger partial charge is 0.508 e. The standard InChI is InChI=1S/C29H29N3O10/c1-32(2)22-16-11-12-10-15-17(31-28(39)42-14-6-4-13(41-3)5-7-14)8-9-18(33)20(15)23(34)19(12)25(36)29(16,40)26(37)21(24(22)35)27(30)38/h4-9,12,16,22,33-34,37,40H,10-11H2,1-3H3,(H2,30,38)(H,31,39). The number of methoxy groups -OCH3 is 1.